The first-order chi connectivity index (χ1) is 8.07. The van der Waals surface area contributed by atoms with E-state index in [2.05, 4.69) is 50.4 Å². The van der Waals surface area contributed by atoms with Gasteiger partial charge in [0.2, 0.25) is 0 Å². The Labute approximate surface area is 106 Å². The van der Waals surface area contributed by atoms with Gasteiger partial charge in [-0.3, -0.25) is 0 Å². The second-order valence-electron chi connectivity index (χ2n) is 6.18. The molecule has 94 valence electrons. The molecule has 1 aromatic rings. The molecule has 0 bridgehead atoms. The summed E-state index contributed by atoms with van der Waals surface area (Å²) in [5.41, 5.74) is 3.27. The number of nitrogens with one attached hydrogen (secondary N) is 1. The molecule has 0 amide bonds. The van der Waals surface area contributed by atoms with E-state index in [1.165, 1.54) is 36.9 Å². The summed E-state index contributed by atoms with van der Waals surface area (Å²) in [6, 6.07) is 9.22. The third-order valence-corrected chi connectivity index (χ3v) is 3.72. The van der Waals surface area contributed by atoms with E-state index in [0.29, 0.717) is 5.54 Å². The summed E-state index contributed by atoms with van der Waals surface area (Å²) < 4.78 is 0. The molecule has 1 aliphatic heterocycles. The summed E-state index contributed by atoms with van der Waals surface area (Å²) in [7, 11) is 0. The maximum absolute atomic E-state index is 3.63. The molecule has 1 unspecified atom stereocenters. The predicted molar refractivity (Wildman–Crippen MR) is 74.3 cm³/mol. The predicted octanol–water partition coefficient (Wildman–Crippen LogP) is 3.57. The standard InChI is InChI=1S/C16H25N/c1-13(2)11-14-5-7-15(8-6-14)12-16(3)9-4-10-17-16/h5-8,13,17H,4,9-12H2,1-3H3. The highest BCUT2D eigenvalue weighted by atomic mass is 15.0. The SMILES string of the molecule is CC(C)Cc1ccc(CC2(C)CCCN2)cc1. The van der Waals surface area contributed by atoms with Gasteiger partial charge in [0.15, 0.2) is 0 Å². The van der Waals surface area contributed by atoms with Crippen molar-refractivity contribution in [2.24, 2.45) is 5.92 Å². The first-order valence-electron chi connectivity index (χ1n) is 6.90. The summed E-state index contributed by atoms with van der Waals surface area (Å²) in [6.45, 7) is 8.08. The molecule has 1 N–H and O–H groups in total. The fourth-order valence-electron chi connectivity index (χ4n) is 2.82. The zero-order valence-electron chi connectivity index (χ0n) is 11.4. The van der Waals surface area contributed by atoms with Crippen molar-refractivity contribution in [2.75, 3.05) is 6.54 Å². The second kappa shape index (κ2) is 5.22. The van der Waals surface area contributed by atoms with Gasteiger partial charge in [-0.2, -0.15) is 0 Å². The average Bonchev–Trinajstić information content (AvgIpc) is 2.67. The van der Waals surface area contributed by atoms with E-state index in [4.69, 9.17) is 0 Å². The third-order valence-electron chi connectivity index (χ3n) is 3.72. The summed E-state index contributed by atoms with van der Waals surface area (Å²) in [6.07, 6.45) is 4.98. The molecular formula is C16H25N. The lowest BCUT2D eigenvalue weighted by Crippen LogP contribution is -2.38. The van der Waals surface area contributed by atoms with E-state index in [9.17, 15) is 0 Å². The van der Waals surface area contributed by atoms with Crippen molar-refractivity contribution < 1.29 is 0 Å². The van der Waals surface area contributed by atoms with Crippen LogP contribution < -0.4 is 5.32 Å². The maximum atomic E-state index is 3.63. The summed E-state index contributed by atoms with van der Waals surface area (Å²) >= 11 is 0. The molecule has 1 heteroatoms. The average molecular weight is 231 g/mol. The minimum Gasteiger partial charge on any atom is -0.311 e. The molecule has 0 spiro atoms. The van der Waals surface area contributed by atoms with E-state index < -0.39 is 0 Å². The minimum absolute atomic E-state index is 0.333. The molecule has 1 atom stereocenters. The van der Waals surface area contributed by atoms with Crippen molar-refractivity contribution in [2.45, 2.75) is 52.0 Å². The number of hydrogen-bond donors (Lipinski definition) is 1. The highest BCUT2D eigenvalue weighted by Gasteiger charge is 2.27. The van der Waals surface area contributed by atoms with Crippen LogP contribution >= 0.6 is 0 Å². The van der Waals surface area contributed by atoms with Gasteiger partial charge in [-0.15, -0.1) is 0 Å². The van der Waals surface area contributed by atoms with Crippen LogP contribution in [0.5, 0.6) is 0 Å². The van der Waals surface area contributed by atoms with Crippen LogP contribution in [0.4, 0.5) is 0 Å². The van der Waals surface area contributed by atoms with Crippen LogP contribution in [-0.4, -0.2) is 12.1 Å². The quantitative estimate of drug-likeness (QED) is 0.835. The summed E-state index contributed by atoms with van der Waals surface area (Å²) in [5, 5.41) is 3.63. The van der Waals surface area contributed by atoms with Gasteiger partial charge in [-0.05, 0) is 56.2 Å². The van der Waals surface area contributed by atoms with Gasteiger partial charge in [-0.25, -0.2) is 0 Å². The van der Waals surface area contributed by atoms with Crippen molar-refractivity contribution >= 4 is 0 Å². The van der Waals surface area contributed by atoms with Crippen molar-refractivity contribution in [3.8, 4) is 0 Å². The monoisotopic (exact) mass is 231 g/mol. The Bertz CT molecular complexity index is 344. The molecular weight excluding hydrogens is 206 g/mol. The van der Waals surface area contributed by atoms with Gasteiger partial charge >= 0.3 is 0 Å². The first kappa shape index (κ1) is 12.6. The fraction of sp³-hybridized carbons (Fsp3) is 0.625. The minimum atomic E-state index is 0.333. The lowest BCUT2D eigenvalue weighted by atomic mass is 9.90. The van der Waals surface area contributed by atoms with Gasteiger partial charge in [0, 0.05) is 5.54 Å². The largest absolute Gasteiger partial charge is 0.311 e. The van der Waals surface area contributed by atoms with Crippen LogP contribution in [-0.2, 0) is 12.8 Å². The molecule has 17 heavy (non-hydrogen) atoms. The molecule has 0 radical (unpaired) electrons. The van der Waals surface area contributed by atoms with Gasteiger partial charge in [0.25, 0.3) is 0 Å². The second-order valence-corrected chi connectivity index (χ2v) is 6.18. The highest BCUT2D eigenvalue weighted by Crippen LogP contribution is 2.23. The third kappa shape index (κ3) is 3.57. The Balaban J connectivity index is 1.98. The Morgan fingerprint density at radius 3 is 2.35 bits per heavy atom. The Kier molecular flexibility index (Phi) is 3.88. The number of rotatable bonds is 4. The van der Waals surface area contributed by atoms with Crippen LogP contribution in [0.15, 0.2) is 24.3 Å². The molecule has 1 fully saturated rings. The van der Waals surface area contributed by atoms with Gasteiger partial charge in [-0.1, -0.05) is 38.1 Å². The van der Waals surface area contributed by atoms with Crippen molar-refractivity contribution in [1.29, 1.82) is 0 Å². The topological polar surface area (TPSA) is 12.0 Å². The smallest absolute Gasteiger partial charge is 0.0194 e. The molecule has 0 aromatic heterocycles. The van der Waals surface area contributed by atoms with Gasteiger partial charge in [0.05, 0.1) is 0 Å². The molecule has 1 heterocycles. The van der Waals surface area contributed by atoms with E-state index >= 15 is 0 Å². The molecule has 1 aromatic carbocycles. The Morgan fingerprint density at radius 1 is 1.18 bits per heavy atom. The van der Waals surface area contributed by atoms with Gasteiger partial charge < -0.3 is 5.32 Å². The zero-order chi connectivity index (χ0) is 12.3. The highest BCUT2D eigenvalue weighted by molar-refractivity contribution is 5.24. The fourth-order valence-corrected chi connectivity index (χ4v) is 2.82. The van der Waals surface area contributed by atoms with Gasteiger partial charge in [0.1, 0.15) is 0 Å². The Hall–Kier alpha value is -0.820. The zero-order valence-corrected chi connectivity index (χ0v) is 11.4. The summed E-state index contributed by atoms with van der Waals surface area (Å²) in [5.74, 6) is 0.745. The van der Waals surface area contributed by atoms with E-state index in [-0.39, 0.29) is 0 Å². The normalized spacial score (nSPS) is 24.5. The van der Waals surface area contributed by atoms with E-state index in [0.717, 1.165) is 12.3 Å². The number of hydrogen-bond acceptors (Lipinski definition) is 1. The van der Waals surface area contributed by atoms with Crippen LogP contribution in [0, 0.1) is 5.92 Å². The van der Waals surface area contributed by atoms with Crippen molar-refractivity contribution in [1.82, 2.24) is 5.32 Å². The summed E-state index contributed by atoms with van der Waals surface area (Å²) in [4.78, 5) is 0. The molecule has 2 rings (SSSR count). The van der Waals surface area contributed by atoms with Crippen molar-refractivity contribution in [3.05, 3.63) is 35.4 Å². The maximum Gasteiger partial charge on any atom is 0.0194 e. The van der Waals surface area contributed by atoms with Crippen LogP contribution in [0.25, 0.3) is 0 Å². The van der Waals surface area contributed by atoms with Crippen LogP contribution in [0.1, 0.15) is 44.7 Å². The first-order valence-corrected chi connectivity index (χ1v) is 6.90. The lowest BCUT2D eigenvalue weighted by molar-refractivity contribution is 0.412. The van der Waals surface area contributed by atoms with Crippen LogP contribution in [0.3, 0.4) is 0 Å². The molecule has 0 saturated carbocycles. The number of benzene rings is 1. The lowest BCUT2D eigenvalue weighted by Gasteiger charge is -2.24. The molecule has 1 aliphatic rings. The molecule has 1 nitrogen and oxygen atoms in total. The van der Waals surface area contributed by atoms with E-state index in [1.54, 1.807) is 0 Å². The van der Waals surface area contributed by atoms with E-state index in [1.807, 2.05) is 0 Å². The van der Waals surface area contributed by atoms with Crippen molar-refractivity contribution in [3.63, 3.8) is 0 Å². The molecule has 1 saturated heterocycles. The van der Waals surface area contributed by atoms with Crippen LogP contribution in [0.2, 0.25) is 0 Å². The molecule has 0 aliphatic carbocycles. The Morgan fingerprint density at radius 2 is 1.82 bits per heavy atom.